The van der Waals surface area contributed by atoms with E-state index >= 15 is 0 Å². The third-order valence-electron chi connectivity index (χ3n) is 12.2. The standard InChI is InChI=1S/C52H33N5O/c1-54-27-26-53-52(54)32-18-24-50-42(28-32)43-31-35(21-25-51(43)58-50)57-48-22-19-33(55-44-14-6-2-10-36(44)37-11-3-7-15-45(37)55)29-40(48)41-30-34(20-23-49(41)57)56-46-16-8-4-12-38(46)39-13-5-9-17-47(39)56/h2-31H,1H3. The number of aromatic nitrogens is 5. The van der Waals surface area contributed by atoms with Gasteiger partial charge in [-0.05, 0) is 97.1 Å². The minimum atomic E-state index is 0.860. The Balaban J connectivity index is 1.09. The molecule has 8 aromatic carbocycles. The lowest BCUT2D eigenvalue weighted by atomic mass is 10.1. The molecule has 58 heavy (non-hydrogen) atoms. The predicted octanol–water partition coefficient (Wildman–Crippen LogP) is 13.3. The maximum atomic E-state index is 6.42. The van der Waals surface area contributed by atoms with Gasteiger partial charge in [0.15, 0.2) is 0 Å². The van der Waals surface area contributed by atoms with Gasteiger partial charge in [0.1, 0.15) is 17.0 Å². The van der Waals surface area contributed by atoms with Gasteiger partial charge in [0.05, 0.1) is 33.1 Å². The molecule has 6 heteroatoms. The van der Waals surface area contributed by atoms with Gasteiger partial charge >= 0.3 is 0 Å². The van der Waals surface area contributed by atoms with E-state index < -0.39 is 0 Å². The fourth-order valence-corrected chi connectivity index (χ4v) is 9.64. The normalized spacial score (nSPS) is 12.2. The molecule has 0 amide bonds. The van der Waals surface area contributed by atoms with Gasteiger partial charge in [-0.15, -0.1) is 0 Å². The molecule has 0 saturated heterocycles. The maximum Gasteiger partial charge on any atom is 0.139 e. The first-order chi connectivity index (χ1) is 28.7. The van der Waals surface area contributed by atoms with Crippen LogP contribution >= 0.6 is 0 Å². The van der Waals surface area contributed by atoms with E-state index in [1.165, 1.54) is 54.4 Å². The minimum absolute atomic E-state index is 0.860. The Hall–Kier alpha value is -7.83. The second kappa shape index (κ2) is 11.6. The van der Waals surface area contributed by atoms with Crippen molar-refractivity contribution in [1.29, 1.82) is 0 Å². The highest BCUT2D eigenvalue weighted by Gasteiger charge is 2.20. The Morgan fingerprint density at radius 3 is 1.24 bits per heavy atom. The Morgan fingerprint density at radius 2 is 0.776 bits per heavy atom. The van der Waals surface area contributed by atoms with Crippen molar-refractivity contribution < 1.29 is 4.42 Å². The molecule has 0 spiro atoms. The number of benzene rings is 8. The monoisotopic (exact) mass is 743 g/mol. The summed E-state index contributed by atoms with van der Waals surface area (Å²) in [6, 6.07) is 61.7. The topological polar surface area (TPSA) is 45.8 Å². The van der Waals surface area contributed by atoms with E-state index in [0.29, 0.717) is 0 Å². The molecular formula is C52H33N5O. The third-order valence-corrected chi connectivity index (χ3v) is 12.2. The second-order valence-electron chi connectivity index (χ2n) is 15.3. The first kappa shape index (κ1) is 31.4. The Kier molecular flexibility index (Phi) is 6.28. The van der Waals surface area contributed by atoms with E-state index in [0.717, 1.165) is 61.4 Å². The minimum Gasteiger partial charge on any atom is -0.456 e. The summed E-state index contributed by atoms with van der Waals surface area (Å²) in [6.07, 6.45) is 3.82. The van der Waals surface area contributed by atoms with E-state index in [-0.39, 0.29) is 0 Å². The van der Waals surface area contributed by atoms with Gasteiger partial charge < -0.3 is 22.7 Å². The highest BCUT2D eigenvalue weighted by atomic mass is 16.3. The van der Waals surface area contributed by atoms with Crippen LogP contribution in [0, 0.1) is 0 Å². The van der Waals surface area contributed by atoms with Crippen LogP contribution in [0.1, 0.15) is 0 Å². The maximum absolute atomic E-state index is 6.42. The number of aryl methyl sites for hydroxylation is 1. The summed E-state index contributed by atoms with van der Waals surface area (Å²) in [6.45, 7) is 0. The zero-order valence-corrected chi connectivity index (χ0v) is 31.5. The fourth-order valence-electron chi connectivity index (χ4n) is 9.64. The lowest BCUT2D eigenvalue weighted by Crippen LogP contribution is -1.96. The van der Waals surface area contributed by atoms with Crippen LogP contribution in [0.15, 0.2) is 187 Å². The molecular weight excluding hydrogens is 711 g/mol. The molecule has 13 aromatic rings. The number of fused-ring (bicyclic) bond motifs is 12. The highest BCUT2D eigenvalue weighted by molar-refractivity contribution is 6.14. The molecule has 5 aromatic heterocycles. The number of imidazole rings is 1. The molecule has 272 valence electrons. The summed E-state index contributed by atoms with van der Waals surface area (Å²) in [5, 5.41) is 9.52. The predicted molar refractivity (Wildman–Crippen MR) is 239 cm³/mol. The van der Waals surface area contributed by atoms with E-state index in [2.05, 4.69) is 189 Å². The smallest absolute Gasteiger partial charge is 0.139 e. The molecule has 0 aliphatic rings. The quantitative estimate of drug-likeness (QED) is 0.180. The number of rotatable bonds is 4. The van der Waals surface area contributed by atoms with Crippen LogP contribution in [0.5, 0.6) is 0 Å². The highest BCUT2D eigenvalue weighted by Crippen LogP contribution is 2.41. The number of para-hydroxylation sites is 4. The first-order valence-corrected chi connectivity index (χ1v) is 19.7. The van der Waals surface area contributed by atoms with Crippen LogP contribution in [0.3, 0.4) is 0 Å². The van der Waals surface area contributed by atoms with E-state index in [1.807, 2.05) is 24.0 Å². The Morgan fingerprint density at radius 1 is 0.379 bits per heavy atom. The van der Waals surface area contributed by atoms with Gasteiger partial charge in [0.25, 0.3) is 0 Å². The van der Waals surface area contributed by atoms with Gasteiger partial charge in [-0.1, -0.05) is 72.8 Å². The second-order valence-corrected chi connectivity index (χ2v) is 15.3. The summed E-state index contributed by atoms with van der Waals surface area (Å²) in [5.41, 5.74) is 13.2. The summed E-state index contributed by atoms with van der Waals surface area (Å²) in [4.78, 5) is 4.63. The van der Waals surface area contributed by atoms with Gasteiger partial charge in [-0.3, -0.25) is 0 Å². The van der Waals surface area contributed by atoms with E-state index in [1.54, 1.807) is 0 Å². The summed E-state index contributed by atoms with van der Waals surface area (Å²) in [5.74, 6) is 0.924. The van der Waals surface area contributed by atoms with Crippen LogP contribution < -0.4 is 0 Å². The van der Waals surface area contributed by atoms with Gasteiger partial charge in [-0.2, -0.15) is 0 Å². The molecule has 0 N–H and O–H groups in total. The molecule has 0 unspecified atom stereocenters. The van der Waals surface area contributed by atoms with Crippen molar-refractivity contribution in [2.75, 3.05) is 0 Å². The van der Waals surface area contributed by atoms with Crippen molar-refractivity contribution in [2.45, 2.75) is 0 Å². The van der Waals surface area contributed by atoms with Crippen molar-refractivity contribution in [1.82, 2.24) is 23.3 Å². The van der Waals surface area contributed by atoms with Crippen LogP contribution in [0.2, 0.25) is 0 Å². The van der Waals surface area contributed by atoms with Crippen LogP contribution in [-0.2, 0) is 7.05 Å². The third kappa shape index (κ3) is 4.28. The summed E-state index contributed by atoms with van der Waals surface area (Å²) >= 11 is 0. The number of hydrogen-bond acceptors (Lipinski definition) is 2. The van der Waals surface area contributed by atoms with E-state index in [9.17, 15) is 0 Å². The number of nitrogens with zero attached hydrogens (tertiary/aromatic N) is 5. The van der Waals surface area contributed by atoms with Gasteiger partial charge in [0.2, 0.25) is 0 Å². The van der Waals surface area contributed by atoms with Crippen molar-refractivity contribution >= 4 is 87.4 Å². The van der Waals surface area contributed by atoms with Crippen LogP contribution in [0.25, 0.3) is 116 Å². The molecule has 0 saturated carbocycles. The lowest BCUT2D eigenvalue weighted by molar-refractivity contribution is 0.669. The number of furan rings is 1. The van der Waals surface area contributed by atoms with Crippen molar-refractivity contribution in [2.24, 2.45) is 7.05 Å². The van der Waals surface area contributed by atoms with E-state index in [4.69, 9.17) is 4.42 Å². The summed E-state index contributed by atoms with van der Waals surface area (Å²) in [7, 11) is 2.03. The largest absolute Gasteiger partial charge is 0.456 e. The molecule has 0 atom stereocenters. The Bertz CT molecular complexity index is 3550. The summed E-state index contributed by atoms with van der Waals surface area (Å²) < 4.78 is 15.7. The molecule has 6 nitrogen and oxygen atoms in total. The number of hydrogen-bond donors (Lipinski definition) is 0. The Labute approximate surface area is 331 Å². The average Bonchev–Trinajstić information content (AvgIpc) is 4.09. The molecule has 0 bridgehead atoms. The van der Waals surface area contributed by atoms with Crippen LogP contribution in [0.4, 0.5) is 0 Å². The molecule has 0 radical (unpaired) electrons. The van der Waals surface area contributed by atoms with Gasteiger partial charge in [0, 0.05) is 85.2 Å². The SMILES string of the molecule is Cn1ccnc1-c1ccc2oc3ccc(-n4c5ccc(-n6c7ccccc7c7ccccc76)cc5c5cc(-n6c7ccccc7c7ccccc76)ccc54)cc3c2c1. The molecule has 13 rings (SSSR count). The molecule has 0 fully saturated rings. The van der Waals surface area contributed by atoms with Crippen molar-refractivity contribution in [3.8, 4) is 28.5 Å². The first-order valence-electron chi connectivity index (χ1n) is 19.7. The molecule has 0 aliphatic carbocycles. The zero-order chi connectivity index (χ0) is 38.1. The van der Waals surface area contributed by atoms with Crippen molar-refractivity contribution in [3.63, 3.8) is 0 Å². The van der Waals surface area contributed by atoms with Crippen LogP contribution in [-0.4, -0.2) is 23.3 Å². The van der Waals surface area contributed by atoms with Crippen molar-refractivity contribution in [3.05, 3.63) is 182 Å². The molecule has 0 aliphatic heterocycles. The fraction of sp³-hybridized carbons (Fsp3) is 0.0192. The zero-order valence-electron chi connectivity index (χ0n) is 31.5. The van der Waals surface area contributed by atoms with Gasteiger partial charge in [-0.25, -0.2) is 4.98 Å². The average molecular weight is 744 g/mol. The lowest BCUT2D eigenvalue weighted by Gasteiger charge is -2.11. The molecule has 5 heterocycles.